The maximum Gasteiger partial charge on any atom is 0.358 e. The van der Waals surface area contributed by atoms with Gasteiger partial charge in [-0.3, -0.25) is 4.79 Å². The molecule has 9 heteroatoms. The third kappa shape index (κ3) is 6.20. The molecule has 2 aromatic heterocycles. The minimum atomic E-state index is -0.581. The van der Waals surface area contributed by atoms with E-state index in [1.807, 2.05) is 55.5 Å². The summed E-state index contributed by atoms with van der Waals surface area (Å²) in [6.45, 7) is 10.1. The molecule has 0 atom stereocenters. The zero-order valence-corrected chi connectivity index (χ0v) is 22.8. The van der Waals surface area contributed by atoms with E-state index in [4.69, 9.17) is 21.3 Å². The number of esters is 1. The molecule has 0 saturated heterocycles. The van der Waals surface area contributed by atoms with E-state index >= 15 is 0 Å². The van der Waals surface area contributed by atoms with Gasteiger partial charge in [0.1, 0.15) is 11.6 Å². The zero-order valence-electron chi connectivity index (χ0n) is 22.0. The molecule has 0 unspecified atom stereocenters. The summed E-state index contributed by atoms with van der Waals surface area (Å²) in [5, 5.41) is 10.9. The number of benzene rings is 2. The number of pyridine rings is 1. The highest BCUT2D eigenvalue weighted by atomic mass is 35.5. The van der Waals surface area contributed by atoms with Gasteiger partial charge in [0, 0.05) is 17.2 Å². The number of carbonyl (C=O) groups excluding carboxylic acids is 2. The highest BCUT2D eigenvalue weighted by Crippen LogP contribution is 2.28. The Kier molecular flexibility index (Phi) is 7.83. The molecular formula is C29H30ClN5O3. The van der Waals surface area contributed by atoms with Gasteiger partial charge in [-0.1, -0.05) is 41.9 Å². The number of ether oxygens (including phenoxy) is 1. The lowest BCUT2D eigenvalue weighted by Gasteiger charge is -2.23. The maximum absolute atomic E-state index is 13.4. The van der Waals surface area contributed by atoms with E-state index in [2.05, 4.69) is 36.5 Å². The molecule has 1 amide bonds. The molecule has 2 aromatic carbocycles. The minimum Gasteiger partial charge on any atom is -0.461 e. The first kappa shape index (κ1) is 26.9. The van der Waals surface area contributed by atoms with Crippen LogP contribution >= 0.6 is 11.6 Å². The van der Waals surface area contributed by atoms with Crippen molar-refractivity contribution in [2.75, 3.05) is 17.2 Å². The third-order valence-corrected chi connectivity index (χ3v) is 5.86. The Bertz CT molecular complexity index is 1480. The Morgan fingerprint density at radius 3 is 2.45 bits per heavy atom. The Hall–Kier alpha value is -4.17. The number of anilines is 2. The summed E-state index contributed by atoms with van der Waals surface area (Å²) in [5.74, 6) is 0.0392. The van der Waals surface area contributed by atoms with Gasteiger partial charge in [0.15, 0.2) is 5.69 Å². The molecule has 0 aliphatic rings. The van der Waals surface area contributed by atoms with Crippen LogP contribution in [0.15, 0.2) is 66.7 Å². The number of nitrogens with one attached hydrogen (secondary N) is 2. The number of para-hydroxylation sites is 1. The predicted octanol–water partition coefficient (Wildman–Crippen LogP) is 6.54. The van der Waals surface area contributed by atoms with Crippen LogP contribution < -0.4 is 10.6 Å². The fraction of sp³-hybridized carbons (Fsp3) is 0.241. The summed E-state index contributed by atoms with van der Waals surface area (Å²) < 4.78 is 6.57. The van der Waals surface area contributed by atoms with Crippen molar-refractivity contribution in [3.05, 3.63) is 88.6 Å². The van der Waals surface area contributed by atoms with E-state index in [9.17, 15) is 9.59 Å². The smallest absolute Gasteiger partial charge is 0.358 e. The standard InChI is InChI=1S/C29H30ClN5O3/c1-6-38-28(37)24-17-25(35(34-24)20-10-8-7-9-11-20)32-27(36)21-16-19(13-14-22(21)30)23-15-12-18(2)26(31-23)33-29(3,4)5/h7-17H,6H2,1-5H3,(H,31,33)(H,32,36). The van der Waals surface area contributed by atoms with Gasteiger partial charge in [-0.05, 0) is 70.5 Å². The number of aryl methyl sites for hydroxylation is 1. The summed E-state index contributed by atoms with van der Waals surface area (Å²) in [6.07, 6.45) is 0. The molecule has 4 rings (SSSR count). The Morgan fingerprint density at radius 2 is 1.76 bits per heavy atom. The van der Waals surface area contributed by atoms with Crippen molar-refractivity contribution in [3.63, 3.8) is 0 Å². The van der Waals surface area contributed by atoms with Gasteiger partial charge in [-0.25, -0.2) is 14.5 Å². The number of halogens is 1. The number of rotatable bonds is 7. The molecule has 0 aliphatic heterocycles. The minimum absolute atomic E-state index is 0.0774. The molecule has 0 aliphatic carbocycles. The van der Waals surface area contributed by atoms with Crippen LogP contribution in [0.25, 0.3) is 16.9 Å². The second-order valence-corrected chi connectivity index (χ2v) is 10.2. The number of hydrogen-bond acceptors (Lipinski definition) is 6. The second-order valence-electron chi connectivity index (χ2n) is 9.77. The highest BCUT2D eigenvalue weighted by Gasteiger charge is 2.20. The molecule has 2 N–H and O–H groups in total. The molecule has 2 heterocycles. The van der Waals surface area contributed by atoms with E-state index in [0.717, 1.165) is 16.9 Å². The average molecular weight is 532 g/mol. The first-order chi connectivity index (χ1) is 18.1. The summed E-state index contributed by atoms with van der Waals surface area (Å²) in [4.78, 5) is 30.6. The van der Waals surface area contributed by atoms with Crippen LogP contribution in [-0.2, 0) is 4.74 Å². The molecule has 4 aromatic rings. The molecule has 0 spiro atoms. The zero-order chi connectivity index (χ0) is 27.4. The molecule has 0 saturated carbocycles. The fourth-order valence-electron chi connectivity index (χ4n) is 3.75. The Morgan fingerprint density at radius 1 is 1.03 bits per heavy atom. The van der Waals surface area contributed by atoms with E-state index < -0.39 is 11.9 Å². The first-order valence-electron chi connectivity index (χ1n) is 12.3. The summed E-state index contributed by atoms with van der Waals surface area (Å²) in [5.41, 5.74) is 3.30. The Labute approximate surface area is 227 Å². The second kappa shape index (κ2) is 11.1. The van der Waals surface area contributed by atoms with Crippen molar-refractivity contribution in [1.29, 1.82) is 0 Å². The molecular weight excluding hydrogens is 502 g/mol. The monoisotopic (exact) mass is 531 g/mol. The third-order valence-electron chi connectivity index (χ3n) is 5.53. The van der Waals surface area contributed by atoms with Gasteiger partial charge < -0.3 is 15.4 Å². The number of aromatic nitrogens is 3. The van der Waals surface area contributed by atoms with Crippen molar-refractivity contribution < 1.29 is 14.3 Å². The Balaban J connectivity index is 1.68. The number of hydrogen-bond donors (Lipinski definition) is 2. The van der Waals surface area contributed by atoms with E-state index in [0.29, 0.717) is 17.2 Å². The summed E-state index contributed by atoms with van der Waals surface area (Å²) in [6, 6.07) is 19.7. The largest absolute Gasteiger partial charge is 0.461 e. The quantitative estimate of drug-likeness (QED) is 0.263. The molecule has 0 bridgehead atoms. The van der Waals surface area contributed by atoms with Crippen molar-refractivity contribution in [1.82, 2.24) is 14.8 Å². The van der Waals surface area contributed by atoms with Gasteiger partial charge in [0.25, 0.3) is 5.91 Å². The van der Waals surface area contributed by atoms with Crippen molar-refractivity contribution in [2.45, 2.75) is 40.2 Å². The normalized spacial score (nSPS) is 11.2. The average Bonchev–Trinajstić information content (AvgIpc) is 3.29. The van der Waals surface area contributed by atoms with Crippen LogP contribution in [0.5, 0.6) is 0 Å². The maximum atomic E-state index is 13.4. The molecule has 8 nitrogen and oxygen atoms in total. The topological polar surface area (TPSA) is 98.1 Å². The summed E-state index contributed by atoms with van der Waals surface area (Å²) >= 11 is 6.45. The molecule has 196 valence electrons. The van der Waals surface area contributed by atoms with Crippen LogP contribution in [0, 0.1) is 6.92 Å². The van der Waals surface area contributed by atoms with Crippen LogP contribution in [0.3, 0.4) is 0 Å². The SMILES string of the molecule is CCOC(=O)c1cc(NC(=O)c2cc(-c3ccc(C)c(NC(C)(C)C)n3)ccc2Cl)n(-c2ccccc2)n1. The molecule has 38 heavy (non-hydrogen) atoms. The highest BCUT2D eigenvalue weighted by molar-refractivity contribution is 6.34. The van der Waals surface area contributed by atoms with E-state index in [1.54, 1.807) is 19.1 Å². The van der Waals surface area contributed by atoms with Gasteiger partial charge in [0.05, 0.1) is 28.6 Å². The predicted molar refractivity (Wildman–Crippen MR) is 150 cm³/mol. The first-order valence-corrected chi connectivity index (χ1v) is 12.6. The van der Waals surface area contributed by atoms with Gasteiger partial charge in [0.2, 0.25) is 0 Å². The number of amides is 1. The van der Waals surface area contributed by atoms with Crippen LogP contribution in [-0.4, -0.2) is 38.8 Å². The van der Waals surface area contributed by atoms with Crippen molar-refractivity contribution >= 4 is 35.1 Å². The van der Waals surface area contributed by atoms with Gasteiger partial charge in [-0.2, -0.15) is 5.10 Å². The lowest BCUT2D eigenvalue weighted by Crippen LogP contribution is -2.27. The van der Waals surface area contributed by atoms with Crippen LogP contribution in [0.4, 0.5) is 11.6 Å². The van der Waals surface area contributed by atoms with Crippen LogP contribution in [0.2, 0.25) is 5.02 Å². The van der Waals surface area contributed by atoms with E-state index in [-0.39, 0.29) is 28.4 Å². The fourth-order valence-corrected chi connectivity index (χ4v) is 3.96. The van der Waals surface area contributed by atoms with Crippen molar-refractivity contribution in [3.8, 4) is 16.9 Å². The number of nitrogens with zero attached hydrogens (tertiary/aromatic N) is 3. The lowest BCUT2D eigenvalue weighted by molar-refractivity contribution is 0.0518. The molecule has 0 radical (unpaired) electrons. The van der Waals surface area contributed by atoms with Crippen LogP contribution in [0.1, 0.15) is 54.1 Å². The molecule has 0 fully saturated rings. The van der Waals surface area contributed by atoms with Gasteiger partial charge in [-0.15, -0.1) is 0 Å². The van der Waals surface area contributed by atoms with Crippen molar-refractivity contribution in [2.24, 2.45) is 0 Å². The lowest BCUT2D eigenvalue weighted by atomic mass is 10.1. The summed E-state index contributed by atoms with van der Waals surface area (Å²) in [7, 11) is 0. The number of carbonyl (C=O) groups is 2. The van der Waals surface area contributed by atoms with Gasteiger partial charge >= 0.3 is 5.97 Å². The van der Waals surface area contributed by atoms with E-state index in [1.165, 1.54) is 10.7 Å².